The van der Waals surface area contributed by atoms with E-state index in [2.05, 4.69) is 0 Å². The predicted octanol–water partition coefficient (Wildman–Crippen LogP) is 2.06. The molecule has 1 rings (SSSR count). The van der Waals surface area contributed by atoms with Crippen LogP contribution in [0.5, 0.6) is 0 Å². The Morgan fingerprint density at radius 3 is 2.46 bits per heavy atom. The Balaban J connectivity index is 3.07. The van der Waals surface area contributed by atoms with Gasteiger partial charge in [0.05, 0.1) is 5.69 Å². The quantitative estimate of drug-likeness (QED) is 0.688. The van der Waals surface area contributed by atoms with Gasteiger partial charge in [-0.2, -0.15) is 0 Å². The zero-order valence-electron chi connectivity index (χ0n) is 7.92. The summed E-state index contributed by atoms with van der Waals surface area (Å²) in [5.74, 6) is -0.141. The van der Waals surface area contributed by atoms with Gasteiger partial charge in [-0.3, -0.25) is 0 Å². The second-order valence-corrected chi connectivity index (χ2v) is 3.51. The van der Waals surface area contributed by atoms with Gasteiger partial charge in [-0.15, -0.1) is 0 Å². The lowest BCUT2D eigenvalue weighted by Gasteiger charge is -2.17. The predicted molar refractivity (Wildman–Crippen MR) is 52.6 cm³/mol. The second kappa shape index (κ2) is 3.75. The van der Waals surface area contributed by atoms with E-state index >= 15 is 0 Å². The topological polar surface area (TPSA) is 52.0 Å². The molecule has 0 aliphatic rings. The number of halogens is 1. The maximum atomic E-state index is 13.0. The lowest BCUT2D eigenvalue weighted by atomic mass is 9.95. The van der Waals surface area contributed by atoms with E-state index < -0.39 is 5.82 Å². The van der Waals surface area contributed by atoms with Crippen molar-refractivity contribution in [2.24, 2.45) is 11.7 Å². The molecule has 0 saturated heterocycles. The van der Waals surface area contributed by atoms with Gasteiger partial charge in [0.1, 0.15) is 5.82 Å². The van der Waals surface area contributed by atoms with E-state index in [0.29, 0.717) is 5.56 Å². The summed E-state index contributed by atoms with van der Waals surface area (Å²) in [5, 5.41) is 0. The van der Waals surface area contributed by atoms with E-state index in [-0.39, 0.29) is 17.6 Å². The number of hydrogen-bond acceptors (Lipinski definition) is 2. The third kappa shape index (κ3) is 1.98. The highest BCUT2D eigenvalue weighted by molar-refractivity contribution is 5.49. The first-order valence-electron chi connectivity index (χ1n) is 4.33. The molecule has 0 bridgehead atoms. The highest BCUT2D eigenvalue weighted by Crippen LogP contribution is 2.25. The van der Waals surface area contributed by atoms with Crippen LogP contribution in [0, 0.1) is 11.7 Å². The highest BCUT2D eigenvalue weighted by atomic mass is 19.1. The van der Waals surface area contributed by atoms with Crippen LogP contribution in [0.15, 0.2) is 18.2 Å². The normalized spacial score (nSPS) is 13.3. The van der Waals surface area contributed by atoms with Crippen molar-refractivity contribution in [2.75, 3.05) is 5.73 Å². The third-order valence-electron chi connectivity index (χ3n) is 2.16. The number of benzene rings is 1. The number of hydrogen-bond donors (Lipinski definition) is 2. The molecule has 0 heterocycles. The first kappa shape index (κ1) is 9.99. The first-order valence-corrected chi connectivity index (χ1v) is 4.33. The van der Waals surface area contributed by atoms with Gasteiger partial charge in [0.2, 0.25) is 0 Å². The van der Waals surface area contributed by atoms with Crippen molar-refractivity contribution in [1.82, 2.24) is 0 Å². The molecule has 0 spiro atoms. The summed E-state index contributed by atoms with van der Waals surface area (Å²) in [6.07, 6.45) is 0. The zero-order chi connectivity index (χ0) is 10.0. The van der Waals surface area contributed by atoms with E-state index in [0.717, 1.165) is 0 Å². The summed E-state index contributed by atoms with van der Waals surface area (Å²) in [7, 11) is 0. The lowest BCUT2D eigenvalue weighted by molar-refractivity contribution is 0.512. The van der Waals surface area contributed by atoms with E-state index in [1.807, 2.05) is 13.8 Å². The minimum absolute atomic E-state index is 0.170. The molecular formula is C10H15FN2. The number of rotatable bonds is 2. The molecule has 0 unspecified atom stereocenters. The summed E-state index contributed by atoms with van der Waals surface area (Å²) >= 11 is 0. The molecule has 1 atom stereocenters. The molecule has 0 radical (unpaired) electrons. The Kier molecular flexibility index (Phi) is 2.88. The molecule has 72 valence electrons. The fraction of sp³-hybridized carbons (Fsp3) is 0.400. The van der Waals surface area contributed by atoms with Crippen LogP contribution in [0.2, 0.25) is 0 Å². The van der Waals surface area contributed by atoms with Crippen LogP contribution < -0.4 is 11.5 Å². The average molecular weight is 182 g/mol. The molecule has 0 aliphatic heterocycles. The van der Waals surface area contributed by atoms with Crippen LogP contribution in [0.3, 0.4) is 0 Å². The zero-order valence-corrected chi connectivity index (χ0v) is 7.92. The van der Waals surface area contributed by atoms with Gasteiger partial charge < -0.3 is 11.5 Å². The standard InChI is InChI=1S/C10H15FN2/c1-6(2)9(12)7-4-3-5-8(11)10(7)13/h3-6,9H,12-13H2,1-2H3/t9-/m1/s1. The molecule has 1 aromatic carbocycles. The Hall–Kier alpha value is -1.09. The molecule has 3 heteroatoms. The van der Waals surface area contributed by atoms with Crippen LogP contribution in [-0.2, 0) is 0 Å². The Morgan fingerprint density at radius 2 is 1.92 bits per heavy atom. The first-order chi connectivity index (χ1) is 6.04. The fourth-order valence-corrected chi connectivity index (χ4v) is 1.20. The van der Waals surface area contributed by atoms with Crippen LogP contribution in [0.1, 0.15) is 25.5 Å². The van der Waals surface area contributed by atoms with E-state index in [1.165, 1.54) is 6.07 Å². The molecule has 0 aromatic heterocycles. The van der Waals surface area contributed by atoms with Crippen molar-refractivity contribution in [3.63, 3.8) is 0 Å². The maximum Gasteiger partial charge on any atom is 0.146 e. The summed E-state index contributed by atoms with van der Waals surface area (Å²) < 4.78 is 13.0. The van der Waals surface area contributed by atoms with Crippen LogP contribution in [-0.4, -0.2) is 0 Å². The molecule has 13 heavy (non-hydrogen) atoms. The Labute approximate surface area is 77.7 Å². The van der Waals surface area contributed by atoms with Gasteiger partial charge in [-0.1, -0.05) is 26.0 Å². The lowest BCUT2D eigenvalue weighted by Crippen LogP contribution is -2.18. The summed E-state index contributed by atoms with van der Waals surface area (Å²) in [5.41, 5.74) is 12.3. The number of nitrogens with two attached hydrogens (primary N) is 2. The van der Waals surface area contributed by atoms with Gasteiger partial charge in [0, 0.05) is 6.04 Å². The minimum atomic E-state index is -0.395. The van der Waals surface area contributed by atoms with Gasteiger partial charge in [-0.05, 0) is 17.5 Å². The highest BCUT2D eigenvalue weighted by Gasteiger charge is 2.14. The van der Waals surface area contributed by atoms with Crippen molar-refractivity contribution in [1.29, 1.82) is 0 Å². The second-order valence-electron chi connectivity index (χ2n) is 3.51. The van der Waals surface area contributed by atoms with Gasteiger partial charge in [-0.25, -0.2) is 4.39 Å². The molecule has 0 saturated carbocycles. The van der Waals surface area contributed by atoms with Crippen LogP contribution in [0.4, 0.5) is 10.1 Å². The fourth-order valence-electron chi connectivity index (χ4n) is 1.20. The molecular weight excluding hydrogens is 167 g/mol. The number of anilines is 1. The maximum absolute atomic E-state index is 13.0. The van der Waals surface area contributed by atoms with Crippen molar-refractivity contribution >= 4 is 5.69 Å². The van der Waals surface area contributed by atoms with Crippen molar-refractivity contribution < 1.29 is 4.39 Å². The van der Waals surface area contributed by atoms with Gasteiger partial charge in [0.15, 0.2) is 0 Å². The largest absolute Gasteiger partial charge is 0.396 e. The van der Waals surface area contributed by atoms with Crippen molar-refractivity contribution in [2.45, 2.75) is 19.9 Å². The number of para-hydroxylation sites is 1. The van der Waals surface area contributed by atoms with E-state index in [9.17, 15) is 4.39 Å². The van der Waals surface area contributed by atoms with Crippen molar-refractivity contribution in [3.8, 4) is 0 Å². The molecule has 4 N–H and O–H groups in total. The minimum Gasteiger partial charge on any atom is -0.396 e. The van der Waals surface area contributed by atoms with Gasteiger partial charge >= 0.3 is 0 Å². The van der Waals surface area contributed by atoms with Crippen molar-refractivity contribution in [3.05, 3.63) is 29.6 Å². The van der Waals surface area contributed by atoms with E-state index in [4.69, 9.17) is 11.5 Å². The third-order valence-corrected chi connectivity index (χ3v) is 2.16. The van der Waals surface area contributed by atoms with Gasteiger partial charge in [0.25, 0.3) is 0 Å². The summed E-state index contributed by atoms with van der Waals surface area (Å²) in [6, 6.07) is 4.54. The molecule has 0 amide bonds. The SMILES string of the molecule is CC(C)[C@@H](N)c1cccc(F)c1N. The molecule has 1 aromatic rings. The monoisotopic (exact) mass is 182 g/mol. The van der Waals surface area contributed by atoms with E-state index in [1.54, 1.807) is 12.1 Å². The average Bonchev–Trinajstić information content (AvgIpc) is 2.08. The Morgan fingerprint density at radius 1 is 1.31 bits per heavy atom. The van der Waals surface area contributed by atoms with Crippen LogP contribution in [0.25, 0.3) is 0 Å². The smallest absolute Gasteiger partial charge is 0.146 e. The number of nitrogen functional groups attached to an aromatic ring is 1. The molecule has 0 aliphatic carbocycles. The molecule has 2 nitrogen and oxygen atoms in total. The van der Waals surface area contributed by atoms with Crippen LogP contribution >= 0.6 is 0 Å². The Bertz CT molecular complexity index is 297. The molecule has 0 fully saturated rings. The summed E-state index contributed by atoms with van der Waals surface area (Å²) in [4.78, 5) is 0. The summed E-state index contributed by atoms with van der Waals surface area (Å²) in [6.45, 7) is 3.96.